The van der Waals surface area contributed by atoms with Gasteiger partial charge in [-0.3, -0.25) is 4.57 Å². The van der Waals surface area contributed by atoms with Crippen LogP contribution in [0.1, 0.15) is 30.7 Å². The van der Waals surface area contributed by atoms with Crippen LogP contribution >= 0.6 is 0 Å². The van der Waals surface area contributed by atoms with E-state index in [4.69, 9.17) is 4.74 Å². The van der Waals surface area contributed by atoms with Crippen LogP contribution in [0.5, 0.6) is 5.75 Å². The second-order valence-corrected chi connectivity index (χ2v) is 8.65. The predicted molar refractivity (Wildman–Crippen MR) is 126 cm³/mol. The van der Waals surface area contributed by atoms with Crippen molar-refractivity contribution >= 4 is 0 Å². The van der Waals surface area contributed by atoms with Gasteiger partial charge in [-0.2, -0.15) is 13.2 Å². The van der Waals surface area contributed by atoms with E-state index in [0.717, 1.165) is 28.5 Å². The van der Waals surface area contributed by atoms with Crippen LogP contribution in [0.3, 0.4) is 0 Å². The standard InChI is InChI=1S/C27H25F3N2O2/c1-17-9-14-20(34-4)15-22(17)18-10-12-19(13-11-18)32-16-24(26(2,3)33)31-25(32)21-7-5-6-8-23(21)27(28,29)30/h5-16,33H,1-4H3. The quantitative estimate of drug-likeness (QED) is 0.353. The van der Waals surface area contributed by atoms with Gasteiger partial charge in [-0.25, -0.2) is 4.98 Å². The van der Waals surface area contributed by atoms with Gasteiger partial charge in [0.25, 0.3) is 0 Å². The summed E-state index contributed by atoms with van der Waals surface area (Å²) in [4.78, 5) is 4.42. The number of aliphatic hydroxyl groups is 1. The van der Waals surface area contributed by atoms with Crippen LogP contribution in [0.25, 0.3) is 28.2 Å². The molecule has 4 rings (SSSR count). The Labute approximate surface area is 196 Å². The number of halogens is 3. The highest BCUT2D eigenvalue weighted by molar-refractivity contribution is 5.71. The van der Waals surface area contributed by atoms with Crippen molar-refractivity contribution in [2.75, 3.05) is 7.11 Å². The molecule has 0 amide bonds. The molecular weight excluding hydrogens is 441 g/mol. The second kappa shape index (κ2) is 8.65. The number of imidazole rings is 1. The number of benzene rings is 3. The topological polar surface area (TPSA) is 47.3 Å². The molecule has 7 heteroatoms. The summed E-state index contributed by atoms with van der Waals surface area (Å²) in [6.45, 7) is 5.10. The van der Waals surface area contributed by atoms with Gasteiger partial charge in [0, 0.05) is 17.4 Å². The summed E-state index contributed by atoms with van der Waals surface area (Å²) in [6, 6.07) is 18.6. The lowest BCUT2D eigenvalue weighted by Crippen LogP contribution is -2.15. The van der Waals surface area contributed by atoms with Gasteiger partial charge >= 0.3 is 6.18 Å². The van der Waals surface area contributed by atoms with Crippen molar-refractivity contribution < 1.29 is 23.0 Å². The van der Waals surface area contributed by atoms with Crippen molar-refractivity contribution in [1.29, 1.82) is 0 Å². The minimum Gasteiger partial charge on any atom is -0.497 e. The molecule has 0 fully saturated rings. The molecule has 0 aliphatic rings. The van der Waals surface area contributed by atoms with E-state index in [2.05, 4.69) is 4.98 Å². The van der Waals surface area contributed by atoms with Crippen LogP contribution in [0, 0.1) is 6.92 Å². The number of rotatable bonds is 5. The third-order valence-corrected chi connectivity index (χ3v) is 5.71. The Hall–Kier alpha value is -3.58. The number of nitrogens with zero attached hydrogens (tertiary/aromatic N) is 2. The molecule has 34 heavy (non-hydrogen) atoms. The maximum Gasteiger partial charge on any atom is 0.417 e. The number of alkyl halides is 3. The third-order valence-electron chi connectivity index (χ3n) is 5.71. The van der Waals surface area contributed by atoms with Gasteiger partial charge < -0.3 is 9.84 Å². The Balaban J connectivity index is 1.86. The van der Waals surface area contributed by atoms with Crippen molar-refractivity contribution in [3.05, 3.63) is 89.7 Å². The molecule has 4 nitrogen and oxygen atoms in total. The number of aryl methyl sites for hydroxylation is 1. The van der Waals surface area contributed by atoms with Gasteiger partial charge in [0.1, 0.15) is 17.2 Å². The highest BCUT2D eigenvalue weighted by Gasteiger charge is 2.35. The summed E-state index contributed by atoms with van der Waals surface area (Å²) < 4.78 is 48.2. The van der Waals surface area contributed by atoms with Crippen LogP contribution in [0.2, 0.25) is 0 Å². The summed E-state index contributed by atoms with van der Waals surface area (Å²) in [5, 5.41) is 10.5. The molecular formula is C27H25F3N2O2. The predicted octanol–water partition coefficient (Wildman–Crippen LogP) is 6.77. The Kier molecular flexibility index (Phi) is 6.00. The number of methoxy groups -OCH3 is 1. The summed E-state index contributed by atoms with van der Waals surface area (Å²) in [7, 11) is 1.61. The molecule has 0 aliphatic carbocycles. The van der Waals surface area contributed by atoms with E-state index in [9.17, 15) is 18.3 Å². The van der Waals surface area contributed by atoms with Crippen LogP contribution in [-0.2, 0) is 11.8 Å². The van der Waals surface area contributed by atoms with E-state index in [-0.39, 0.29) is 17.1 Å². The molecule has 0 unspecified atom stereocenters. The van der Waals surface area contributed by atoms with E-state index < -0.39 is 17.3 Å². The molecule has 0 saturated heterocycles. The van der Waals surface area contributed by atoms with Gasteiger partial charge in [-0.05, 0) is 67.8 Å². The molecule has 1 N–H and O–H groups in total. The average Bonchev–Trinajstić information content (AvgIpc) is 3.25. The number of aromatic nitrogens is 2. The van der Waals surface area contributed by atoms with Crippen LogP contribution in [0.15, 0.2) is 72.9 Å². The molecule has 3 aromatic carbocycles. The molecule has 0 spiro atoms. The van der Waals surface area contributed by atoms with Crippen LogP contribution < -0.4 is 4.74 Å². The molecule has 0 aliphatic heterocycles. The van der Waals surface area contributed by atoms with Crippen molar-refractivity contribution in [2.45, 2.75) is 32.5 Å². The van der Waals surface area contributed by atoms with Crippen molar-refractivity contribution in [1.82, 2.24) is 9.55 Å². The maximum absolute atomic E-state index is 13.8. The molecule has 0 atom stereocenters. The maximum atomic E-state index is 13.8. The zero-order valence-electron chi connectivity index (χ0n) is 19.3. The lowest BCUT2D eigenvalue weighted by atomic mass is 10.00. The fraction of sp³-hybridized carbons (Fsp3) is 0.222. The van der Waals surface area contributed by atoms with Crippen molar-refractivity contribution in [3.63, 3.8) is 0 Å². The Bertz CT molecular complexity index is 1320. The van der Waals surface area contributed by atoms with E-state index >= 15 is 0 Å². The van der Waals surface area contributed by atoms with Crippen molar-refractivity contribution in [3.8, 4) is 34.0 Å². The molecule has 0 bridgehead atoms. The molecule has 176 valence electrons. The van der Waals surface area contributed by atoms with E-state index in [1.807, 2.05) is 49.4 Å². The second-order valence-electron chi connectivity index (χ2n) is 8.65. The van der Waals surface area contributed by atoms with Gasteiger partial charge in [0.15, 0.2) is 0 Å². The Morgan fingerprint density at radius 3 is 2.21 bits per heavy atom. The fourth-order valence-electron chi connectivity index (χ4n) is 3.83. The van der Waals surface area contributed by atoms with Gasteiger partial charge in [0.2, 0.25) is 0 Å². The van der Waals surface area contributed by atoms with Gasteiger partial charge in [-0.1, -0.05) is 36.4 Å². The number of ether oxygens (including phenoxy) is 1. The van der Waals surface area contributed by atoms with Crippen LogP contribution in [0.4, 0.5) is 13.2 Å². The normalized spacial score (nSPS) is 12.1. The third kappa shape index (κ3) is 4.56. The molecule has 4 aromatic rings. The zero-order chi connectivity index (χ0) is 24.7. The minimum absolute atomic E-state index is 0.0572. The SMILES string of the molecule is COc1ccc(C)c(-c2ccc(-n3cc(C(C)(C)O)nc3-c3ccccc3C(F)(F)F)cc2)c1. The summed E-state index contributed by atoms with van der Waals surface area (Å²) in [5.41, 5.74) is 1.74. The highest BCUT2D eigenvalue weighted by atomic mass is 19.4. The summed E-state index contributed by atoms with van der Waals surface area (Å²) >= 11 is 0. The van der Waals surface area contributed by atoms with E-state index in [1.54, 1.807) is 37.8 Å². The molecule has 1 heterocycles. The number of hydrogen-bond acceptors (Lipinski definition) is 3. The van der Waals surface area contributed by atoms with Gasteiger partial charge in [0.05, 0.1) is 18.4 Å². The molecule has 0 saturated carbocycles. The zero-order valence-corrected chi connectivity index (χ0v) is 19.3. The van der Waals surface area contributed by atoms with Gasteiger partial charge in [-0.15, -0.1) is 0 Å². The Morgan fingerprint density at radius 2 is 1.59 bits per heavy atom. The highest BCUT2D eigenvalue weighted by Crippen LogP contribution is 2.38. The minimum atomic E-state index is -4.55. The molecule has 1 aromatic heterocycles. The summed E-state index contributed by atoms with van der Waals surface area (Å²) in [6.07, 6.45) is -2.97. The first-order valence-corrected chi connectivity index (χ1v) is 10.7. The first kappa shape index (κ1) is 23.6. The smallest absolute Gasteiger partial charge is 0.417 e. The van der Waals surface area contributed by atoms with Crippen LogP contribution in [-0.4, -0.2) is 21.8 Å². The monoisotopic (exact) mass is 466 g/mol. The largest absolute Gasteiger partial charge is 0.497 e. The van der Waals surface area contributed by atoms with Crippen molar-refractivity contribution in [2.24, 2.45) is 0 Å². The first-order valence-electron chi connectivity index (χ1n) is 10.7. The summed E-state index contributed by atoms with van der Waals surface area (Å²) in [5.74, 6) is 0.843. The number of hydrogen-bond donors (Lipinski definition) is 1. The Morgan fingerprint density at radius 1 is 0.912 bits per heavy atom. The average molecular weight is 467 g/mol. The van der Waals surface area contributed by atoms with E-state index in [1.165, 1.54) is 12.1 Å². The lowest BCUT2D eigenvalue weighted by molar-refractivity contribution is -0.137. The van der Waals surface area contributed by atoms with E-state index in [0.29, 0.717) is 5.69 Å². The lowest BCUT2D eigenvalue weighted by Gasteiger charge is -2.15. The molecule has 0 radical (unpaired) electrons. The fourth-order valence-corrected chi connectivity index (χ4v) is 3.83. The first-order chi connectivity index (χ1) is 16.0.